The van der Waals surface area contributed by atoms with Crippen LogP contribution in [0, 0.1) is 6.92 Å². The first-order valence-electron chi connectivity index (χ1n) is 6.26. The van der Waals surface area contributed by atoms with E-state index >= 15 is 0 Å². The Morgan fingerprint density at radius 3 is 2.81 bits per heavy atom. The van der Waals surface area contributed by atoms with Crippen LogP contribution in [0.1, 0.15) is 16.9 Å². The zero-order valence-corrected chi connectivity index (χ0v) is 12.2. The lowest BCUT2D eigenvalue weighted by Crippen LogP contribution is -2.19. The van der Waals surface area contributed by atoms with Gasteiger partial charge in [-0.05, 0) is 24.7 Å². The third-order valence-electron chi connectivity index (χ3n) is 2.69. The van der Waals surface area contributed by atoms with Crippen molar-refractivity contribution in [3.8, 4) is 5.75 Å². The SMILES string of the molecule is Cc1cc(O)c(/C=N/C(=S)NCc2ccccc2)c(=O)o1. The Bertz CT molecular complexity index is 723. The maximum Gasteiger partial charge on any atom is 0.348 e. The van der Waals surface area contributed by atoms with Crippen LogP contribution in [0.15, 0.2) is 50.6 Å². The van der Waals surface area contributed by atoms with Crippen LogP contribution < -0.4 is 10.9 Å². The molecule has 1 heterocycles. The summed E-state index contributed by atoms with van der Waals surface area (Å²) in [5.41, 5.74) is 0.388. The van der Waals surface area contributed by atoms with E-state index in [4.69, 9.17) is 16.6 Å². The summed E-state index contributed by atoms with van der Waals surface area (Å²) in [7, 11) is 0. The molecule has 108 valence electrons. The van der Waals surface area contributed by atoms with E-state index < -0.39 is 5.63 Å². The van der Waals surface area contributed by atoms with Crippen molar-refractivity contribution >= 4 is 23.5 Å². The number of hydrogen-bond acceptors (Lipinski definition) is 4. The molecule has 0 bridgehead atoms. The van der Waals surface area contributed by atoms with Crippen molar-refractivity contribution in [3.05, 3.63) is 63.7 Å². The molecule has 2 aromatic rings. The lowest BCUT2D eigenvalue weighted by molar-refractivity contribution is 0.433. The van der Waals surface area contributed by atoms with Crippen molar-refractivity contribution in [2.45, 2.75) is 13.5 Å². The van der Waals surface area contributed by atoms with E-state index in [0.717, 1.165) is 5.56 Å². The Labute approximate surface area is 127 Å². The number of aryl methyl sites for hydroxylation is 1. The lowest BCUT2D eigenvalue weighted by atomic mass is 10.2. The number of thiocarbonyl (C=S) groups is 1. The number of nitrogens with zero attached hydrogens (tertiary/aromatic N) is 1. The number of benzene rings is 1. The lowest BCUT2D eigenvalue weighted by Gasteiger charge is -2.03. The molecular formula is C15H14N2O3S. The van der Waals surface area contributed by atoms with Crippen molar-refractivity contribution in [3.63, 3.8) is 0 Å². The monoisotopic (exact) mass is 302 g/mol. The van der Waals surface area contributed by atoms with Crippen LogP contribution >= 0.6 is 12.2 Å². The Morgan fingerprint density at radius 1 is 1.43 bits per heavy atom. The second-order valence-electron chi connectivity index (χ2n) is 4.35. The highest BCUT2D eigenvalue weighted by Crippen LogP contribution is 2.12. The molecule has 0 spiro atoms. The van der Waals surface area contributed by atoms with Crippen LogP contribution in [0.25, 0.3) is 0 Å². The van der Waals surface area contributed by atoms with E-state index in [9.17, 15) is 9.90 Å². The predicted octanol–water partition coefficient (Wildman–Crippen LogP) is 2.15. The first-order chi connectivity index (χ1) is 10.1. The van der Waals surface area contributed by atoms with E-state index in [1.54, 1.807) is 6.92 Å². The van der Waals surface area contributed by atoms with Gasteiger partial charge in [0.05, 0.1) is 0 Å². The summed E-state index contributed by atoms with van der Waals surface area (Å²) in [5.74, 6) is 0.151. The van der Waals surface area contributed by atoms with Gasteiger partial charge < -0.3 is 14.8 Å². The molecule has 2 N–H and O–H groups in total. The van der Waals surface area contributed by atoms with Gasteiger partial charge in [-0.3, -0.25) is 0 Å². The molecule has 2 rings (SSSR count). The molecule has 21 heavy (non-hydrogen) atoms. The van der Waals surface area contributed by atoms with E-state index in [1.165, 1.54) is 12.3 Å². The van der Waals surface area contributed by atoms with Crippen LogP contribution in [0.5, 0.6) is 5.75 Å². The highest BCUT2D eigenvalue weighted by Gasteiger charge is 2.07. The van der Waals surface area contributed by atoms with Crippen LogP contribution in [0.4, 0.5) is 0 Å². The average Bonchev–Trinajstić information content (AvgIpc) is 2.45. The standard InChI is InChI=1S/C15H14N2O3S/c1-10-7-13(18)12(14(19)20-10)9-17-15(21)16-8-11-5-3-2-4-6-11/h2-7,9,18H,8H2,1H3,(H,16,21)/b17-9+. The molecule has 0 aliphatic rings. The summed E-state index contributed by atoms with van der Waals surface area (Å²) >= 11 is 5.04. The Balaban J connectivity index is 2.01. The van der Waals surface area contributed by atoms with Crippen LogP contribution in [-0.4, -0.2) is 16.4 Å². The molecule has 0 saturated carbocycles. The molecule has 0 unspecified atom stereocenters. The molecule has 0 fully saturated rings. The van der Waals surface area contributed by atoms with Crippen molar-refractivity contribution < 1.29 is 9.52 Å². The Morgan fingerprint density at radius 2 is 2.14 bits per heavy atom. The van der Waals surface area contributed by atoms with E-state index in [1.807, 2.05) is 30.3 Å². The topological polar surface area (TPSA) is 74.8 Å². The third kappa shape index (κ3) is 4.25. The van der Waals surface area contributed by atoms with Gasteiger partial charge in [-0.1, -0.05) is 30.3 Å². The fourth-order valence-electron chi connectivity index (χ4n) is 1.67. The minimum atomic E-state index is -0.651. The average molecular weight is 302 g/mol. The van der Waals surface area contributed by atoms with Crippen molar-refractivity contribution in [2.75, 3.05) is 0 Å². The summed E-state index contributed by atoms with van der Waals surface area (Å²) in [6.07, 6.45) is 1.20. The van der Waals surface area contributed by atoms with Gasteiger partial charge in [0.2, 0.25) is 0 Å². The minimum Gasteiger partial charge on any atom is -0.507 e. The second-order valence-corrected chi connectivity index (χ2v) is 4.73. The minimum absolute atomic E-state index is 0.0236. The zero-order chi connectivity index (χ0) is 15.2. The van der Waals surface area contributed by atoms with E-state index in [0.29, 0.717) is 12.3 Å². The summed E-state index contributed by atoms with van der Waals surface area (Å²) in [6, 6.07) is 11.1. The zero-order valence-electron chi connectivity index (χ0n) is 11.4. The Kier molecular flexibility index (Phi) is 4.84. The normalized spacial score (nSPS) is 10.7. The van der Waals surface area contributed by atoms with Gasteiger partial charge in [0, 0.05) is 18.8 Å². The molecule has 6 heteroatoms. The van der Waals surface area contributed by atoms with Gasteiger partial charge in [0.25, 0.3) is 0 Å². The van der Waals surface area contributed by atoms with Crippen molar-refractivity contribution in [2.24, 2.45) is 4.99 Å². The van der Waals surface area contributed by atoms with Crippen molar-refractivity contribution in [1.82, 2.24) is 5.32 Å². The van der Waals surface area contributed by atoms with Gasteiger partial charge in [-0.15, -0.1) is 0 Å². The number of rotatable bonds is 3. The first kappa shape index (κ1) is 14.9. The molecule has 0 saturated heterocycles. The molecule has 0 atom stereocenters. The molecule has 1 aromatic carbocycles. The molecule has 0 amide bonds. The van der Waals surface area contributed by atoms with Gasteiger partial charge in [-0.2, -0.15) is 0 Å². The van der Waals surface area contributed by atoms with Gasteiger partial charge in [0.1, 0.15) is 17.1 Å². The predicted molar refractivity (Wildman–Crippen MR) is 84.9 cm³/mol. The Hall–Kier alpha value is -2.47. The molecule has 1 aromatic heterocycles. The van der Waals surface area contributed by atoms with Crippen LogP contribution in [0.3, 0.4) is 0 Å². The third-order valence-corrected chi connectivity index (χ3v) is 2.94. The summed E-state index contributed by atoms with van der Waals surface area (Å²) in [4.78, 5) is 15.5. The second kappa shape index (κ2) is 6.81. The first-order valence-corrected chi connectivity index (χ1v) is 6.66. The number of nitrogens with one attached hydrogen (secondary N) is 1. The highest BCUT2D eigenvalue weighted by molar-refractivity contribution is 7.80. The molecule has 0 aliphatic heterocycles. The summed E-state index contributed by atoms with van der Waals surface area (Å²) < 4.78 is 4.88. The van der Waals surface area contributed by atoms with Gasteiger partial charge in [0.15, 0.2) is 5.11 Å². The van der Waals surface area contributed by atoms with E-state index in [-0.39, 0.29) is 16.4 Å². The number of hydrogen-bond donors (Lipinski definition) is 2. The summed E-state index contributed by atoms with van der Waals surface area (Å²) in [6.45, 7) is 2.11. The highest BCUT2D eigenvalue weighted by atomic mass is 32.1. The summed E-state index contributed by atoms with van der Waals surface area (Å²) in [5, 5.41) is 12.8. The maximum atomic E-state index is 11.6. The van der Waals surface area contributed by atoms with Gasteiger partial charge in [-0.25, -0.2) is 9.79 Å². The molecular weight excluding hydrogens is 288 g/mol. The fourth-order valence-corrected chi connectivity index (χ4v) is 1.79. The van der Waals surface area contributed by atoms with E-state index in [2.05, 4.69) is 10.3 Å². The number of aliphatic imine (C=N–C) groups is 1. The van der Waals surface area contributed by atoms with Crippen LogP contribution in [0.2, 0.25) is 0 Å². The molecule has 0 aliphatic carbocycles. The smallest absolute Gasteiger partial charge is 0.348 e. The largest absolute Gasteiger partial charge is 0.507 e. The molecule has 0 radical (unpaired) electrons. The fraction of sp³-hybridized carbons (Fsp3) is 0.133. The molecule has 5 nitrogen and oxygen atoms in total. The van der Waals surface area contributed by atoms with Crippen molar-refractivity contribution in [1.29, 1.82) is 0 Å². The quantitative estimate of drug-likeness (QED) is 0.671. The maximum absolute atomic E-state index is 11.6. The number of aromatic hydroxyl groups is 1. The van der Waals surface area contributed by atoms with Gasteiger partial charge >= 0.3 is 5.63 Å². The van der Waals surface area contributed by atoms with Crippen LogP contribution in [-0.2, 0) is 6.54 Å².